The summed E-state index contributed by atoms with van der Waals surface area (Å²) in [6, 6.07) is 4.76. The lowest BCUT2D eigenvalue weighted by Gasteiger charge is -2.31. The Bertz CT molecular complexity index is 952. The zero-order valence-corrected chi connectivity index (χ0v) is 15.4. The van der Waals surface area contributed by atoms with Crippen LogP contribution in [0.2, 0.25) is 0 Å². The Morgan fingerprint density at radius 2 is 2.11 bits per heavy atom. The highest BCUT2D eigenvalue weighted by Gasteiger charge is 2.24. The molecule has 0 radical (unpaired) electrons. The van der Waals surface area contributed by atoms with Crippen molar-refractivity contribution in [1.82, 2.24) is 30.1 Å². The molecule has 1 amide bonds. The number of carbonyl (C=O) groups is 1. The highest BCUT2D eigenvalue weighted by atomic mass is 19.1. The number of nitrogens with zero attached hydrogens (tertiary/aromatic N) is 5. The molecule has 3 aromatic rings. The minimum atomic E-state index is -0.307. The number of nitrogens with one attached hydrogen (secondary N) is 2. The third kappa shape index (κ3) is 3.55. The summed E-state index contributed by atoms with van der Waals surface area (Å²) >= 11 is 0. The van der Waals surface area contributed by atoms with Gasteiger partial charge in [0.15, 0.2) is 0 Å². The molecule has 3 heterocycles. The molecule has 0 unspecified atom stereocenters. The van der Waals surface area contributed by atoms with Crippen LogP contribution in [0.5, 0.6) is 0 Å². The van der Waals surface area contributed by atoms with Crippen molar-refractivity contribution in [3.05, 3.63) is 35.4 Å². The summed E-state index contributed by atoms with van der Waals surface area (Å²) in [6.45, 7) is 5.68. The number of aromatic nitrogens is 5. The van der Waals surface area contributed by atoms with Gasteiger partial charge in [0.2, 0.25) is 5.91 Å². The Labute approximate surface area is 155 Å². The Hall–Kier alpha value is -2.81. The number of rotatable bonds is 4. The first kappa shape index (κ1) is 17.6. The first-order chi connectivity index (χ1) is 13.0. The minimum absolute atomic E-state index is 0.0391. The summed E-state index contributed by atoms with van der Waals surface area (Å²) in [7, 11) is 0. The Morgan fingerprint density at radius 3 is 2.81 bits per heavy atom. The van der Waals surface area contributed by atoms with Crippen molar-refractivity contribution in [2.45, 2.75) is 32.7 Å². The molecule has 2 N–H and O–H groups in total. The molecule has 0 spiro atoms. The number of hydrogen-bond donors (Lipinski definition) is 2. The van der Waals surface area contributed by atoms with Gasteiger partial charge in [0.05, 0.1) is 35.2 Å². The number of likely N-dealkylation sites (tertiary alicyclic amines) is 1. The number of aryl methyl sites for hydroxylation is 2. The zero-order chi connectivity index (χ0) is 19.0. The van der Waals surface area contributed by atoms with Crippen LogP contribution in [0.4, 0.5) is 10.1 Å². The molecule has 0 aliphatic carbocycles. The van der Waals surface area contributed by atoms with Gasteiger partial charge in [-0.05, 0) is 38.8 Å². The van der Waals surface area contributed by atoms with Crippen LogP contribution in [0.15, 0.2) is 18.2 Å². The highest BCUT2D eigenvalue weighted by molar-refractivity contribution is 5.93. The van der Waals surface area contributed by atoms with Gasteiger partial charge in [-0.1, -0.05) is 5.21 Å². The number of amides is 1. The number of H-pyrrole nitrogens is 1. The lowest BCUT2D eigenvalue weighted by Crippen LogP contribution is -2.40. The van der Waals surface area contributed by atoms with Gasteiger partial charge in [0.1, 0.15) is 11.3 Å². The fourth-order valence-electron chi connectivity index (χ4n) is 3.62. The summed E-state index contributed by atoms with van der Waals surface area (Å²) < 4.78 is 15.2. The van der Waals surface area contributed by atoms with E-state index in [1.54, 1.807) is 6.07 Å². The molecular formula is C18H22FN7O. The van der Waals surface area contributed by atoms with Crippen molar-refractivity contribution in [1.29, 1.82) is 0 Å². The molecule has 27 heavy (non-hydrogen) atoms. The molecule has 0 bridgehead atoms. The van der Waals surface area contributed by atoms with Gasteiger partial charge in [-0.2, -0.15) is 5.10 Å². The lowest BCUT2D eigenvalue weighted by molar-refractivity contribution is -0.117. The number of aromatic amines is 1. The van der Waals surface area contributed by atoms with E-state index in [9.17, 15) is 9.18 Å². The maximum Gasteiger partial charge on any atom is 0.238 e. The second-order valence-corrected chi connectivity index (χ2v) is 7.03. The van der Waals surface area contributed by atoms with E-state index >= 15 is 0 Å². The first-order valence-electron chi connectivity index (χ1n) is 9.05. The van der Waals surface area contributed by atoms with Crippen molar-refractivity contribution >= 4 is 22.6 Å². The van der Waals surface area contributed by atoms with Crippen molar-refractivity contribution < 1.29 is 9.18 Å². The standard InChI is InChI=1S/C18H22FN7O/c1-11-18(12(2)22-21-11)20-17(27)10-25-7-5-14(6-8-25)26-16-4-3-13(19)9-15(16)23-24-26/h3-4,9,14H,5-8,10H2,1-2H3,(H,20,27)(H,21,22). The molecule has 0 saturated carbocycles. The molecule has 4 rings (SSSR count). The Morgan fingerprint density at radius 1 is 1.33 bits per heavy atom. The van der Waals surface area contributed by atoms with Gasteiger partial charge in [0, 0.05) is 19.2 Å². The minimum Gasteiger partial charge on any atom is -0.322 e. The average molecular weight is 371 g/mol. The molecule has 1 fully saturated rings. The number of halogens is 1. The van der Waals surface area contributed by atoms with Crippen LogP contribution in [0.3, 0.4) is 0 Å². The normalized spacial score (nSPS) is 16.1. The molecular weight excluding hydrogens is 349 g/mol. The lowest BCUT2D eigenvalue weighted by atomic mass is 10.0. The molecule has 1 aromatic carbocycles. The van der Waals surface area contributed by atoms with E-state index in [0.29, 0.717) is 12.1 Å². The first-order valence-corrected chi connectivity index (χ1v) is 9.05. The van der Waals surface area contributed by atoms with Crippen LogP contribution in [-0.4, -0.2) is 55.6 Å². The average Bonchev–Trinajstić information content (AvgIpc) is 3.20. The molecule has 0 atom stereocenters. The summed E-state index contributed by atoms with van der Waals surface area (Å²) in [5.74, 6) is -0.346. The topological polar surface area (TPSA) is 91.7 Å². The number of fused-ring (bicyclic) bond motifs is 1. The number of piperidine rings is 1. The van der Waals surface area contributed by atoms with Crippen LogP contribution in [0.25, 0.3) is 11.0 Å². The molecule has 9 heteroatoms. The number of benzene rings is 1. The van der Waals surface area contributed by atoms with Gasteiger partial charge < -0.3 is 5.32 Å². The summed E-state index contributed by atoms with van der Waals surface area (Å²) in [5, 5.41) is 18.2. The van der Waals surface area contributed by atoms with Crippen molar-refractivity contribution in [2.75, 3.05) is 25.0 Å². The van der Waals surface area contributed by atoms with Gasteiger partial charge >= 0.3 is 0 Å². The predicted octanol–water partition coefficient (Wildman–Crippen LogP) is 2.19. The Balaban J connectivity index is 1.35. The number of hydrogen-bond acceptors (Lipinski definition) is 5. The second kappa shape index (κ2) is 7.07. The van der Waals surface area contributed by atoms with E-state index in [4.69, 9.17) is 0 Å². The highest BCUT2D eigenvalue weighted by Crippen LogP contribution is 2.25. The van der Waals surface area contributed by atoms with E-state index in [1.807, 2.05) is 18.5 Å². The molecule has 142 valence electrons. The molecule has 1 aliphatic heterocycles. The Kier molecular flexibility index (Phi) is 4.61. The van der Waals surface area contributed by atoms with Gasteiger partial charge in [-0.15, -0.1) is 5.10 Å². The number of anilines is 1. The van der Waals surface area contributed by atoms with Crippen molar-refractivity contribution in [3.63, 3.8) is 0 Å². The third-order valence-electron chi connectivity index (χ3n) is 5.10. The largest absolute Gasteiger partial charge is 0.322 e. The van der Waals surface area contributed by atoms with Gasteiger partial charge in [0.25, 0.3) is 0 Å². The third-order valence-corrected chi connectivity index (χ3v) is 5.10. The smallest absolute Gasteiger partial charge is 0.238 e. The predicted molar refractivity (Wildman–Crippen MR) is 98.9 cm³/mol. The van der Waals surface area contributed by atoms with Gasteiger partial charge in [-0.3, -0.25) is 14.8 Å². The quantitative estimate of drug-likeness (QED) is 0.733. The van der Waals surface area contributed by atoms with Crippen LogP contribution >= 0.6 is 0 Å². The summed E-state index contributed by atoms with van der Waals surface area (Å²) in [6.07, 6.45) is 1.74. The summed E-state index contributed by atoms with van der Waals surface area (Å²) in [4.78, 5) is 14.5. The fraction of sp³-hybridized carbons (Fsp3) is 0.444. The molecule has 8 nitrogen and oxygen atoms in total. The monoisotopic (exact) mass is 371 g/mol. The fourth-order valence-corrected chi connectivity index (χ4v) is 3.62. The van der Waals surface area contributed by atoms with E-state index in [1.165, 1.54) is 12.1 Å². The van der Waals surface area contributed by atoms with Crippen LogP contribution < -0.4 is 5.32 Å². The van der Waals surface area contributed by atoms with E-state index in [-0.39, 0.29) is 17.8 Å². The van der Waals surface area contributed by atoms with Gasteiger partial charge in [-0.25, -0.2) is 9.07 Å². The van der Waals surface area contributed by atoms with Crippen molar-refractivity contribution in [3.8, 4) is 0 Å². The zero-order valence-electron chi connectivity index (χ0n) is 15.4. The van der Waals surface area contributed by atoms with E-state index in [2.05, 4.69) is 30.7 Å². The maximum absolute atomic E-state index is 13.3. The van der Waals surface area contributed by atoms with E-state index < -0.39 is 0 Å². The second-order valence-electron chi connectivity index (χ2n) is 7.03. The maximum atomic E-state index is 13.3. The van der Waals surface area contributed by atoms with Crippen molar-refractivity contribution in [2.24, 2.45) is 0 Å². The van der Waals surface area contributed by atoms with Crippen LogP contribution in [-0.2, 0) is 4.79 Å². The molecule has 1 aliphatic rings. The number of carbonyl (C=O) groups excluding carboxylic acids is 1. The van der Waals surface area contributed by atoms with Crippen LogP contribution in [0.1, 0.15) is 30.3 Å². The summed E-state index contributed by atoms with van der Waals surface area (Å²) in [5.41, 5.74) is 3.82. The van der Waals surface area contributed by atoms with Crippen LogP contribution in [0, 0.1) is 19.7 Å². The molecule has 1 saturated heterocycles. The SMILES string of the molecule is Cc1n[nH]c(C)c1NC(=O)CN1CCC(n2nnc3cc(F)ccc32)CC1. The molecule has 2 aromatic heterocycles. The van der Waals surface area contributed by atoms with E-state index in [0.717, 1.165) is 48.5 Å².